The van der Waals surface area contributed by atoms with Gasteiger partial charge < -0.3 is 20.5 Å². The summed E-state index contributed by atoms with van der Waals surface area (Å²) in [5, 5.41) is 7.10. The average molecular weight is 471 g/mol. The number of carbonyl (C=O) groups excluding carboxylic acids is 1. The summed E-state index contributed by atoms with van der Waals surface area (Å²) in [5.41, 5.74) is 12.8. The van der Waals surface area contributed by atoms with Crippen molar-refractivity contribution in [3.63, 3.8) is 0 Å². The van der Waals surface area contributed by atoms with Crippen LogP contribution < -0.4 is 16.5 Å². The number of anilines is 2. The van der Waals surface area contributed by atoms with Crippen molar-refractivity contribution in [3.05, 3.63) is 45.8 Å². The molecule has 10 heteroatoms. The van der Waals surface area contributed by atoms with E-state index >= 15 is 0 Å². The third kappa shape index (κ3) is 6.95. The Morgan fingerprint density at radius 3 is 2.48 bits per heavy atom. The number of hydrazone groups is 1. The Hall–Kier alpha value is -3.08. The van der Waals surface area contributed by atoms with Gasteiger partial charge >= 0.3 is 0 Å². The van der Waals surface area contributed by atoms with Gasteiger partial charge in [-0.15, -0.1) is 11.3 Å². The number of amides is 1. The molecule has 176 valence electrons. The van der Waals surface area contributed by atoms with Gasteiger partial charge in [-0.05, 0) is 39.3 Å². The maximum atomic E-state index is 12.3. The zero-order valence-corrected chi connectivity index (χ0v) is 20.2. The van der Waals surface area contributed by atoms with Crippen LogP contribution in [-0.4, -0.2) is 54.6 Å². The Bertz CT molecular complexity index is 1100. The van der Waals surface area contributed by atoms with E-state index in [4.69, 9.17) is 15.2 Å². The number of benzene rings is 1. The number of nitrogens with one attached hydrogen (secondary N) is 2. The van der Waals surface area contributed by atoms with Crippen LogP contribution in [0.3, 0.4) is 0 Å². The Kier molecular flexibility index (Phi) is 8.70. The first kappa shape index (κ1) is 24.6. The molecule has 1 saturated heterocycles. The number of carbonyl (C=O) groups is 1. The number of rotatable bonds is 7. The second kappa shape index (κ2) is 11.7. The number of hydrogen-bond donors (Lipinski definition) is 3. The van der Waals surface area contributed by atoms with Crippen LogP contribution in [0.4, 0.5) is 11.8 Å². The third-order valence-corrected chi connectivity index (χ3v) is 5.77. The molecule has 4 rings (SSSR count). The third-order valence-electron chi connectivity index (χ3n) is 4.63. The van der Waals surface area contributed by atoms with Crippen molar-refractivity contribution in [2.45, 2.75) is 33.7 Å². The minimum Gasteiger partial charge on any atom is -0.382 e. The molecule has 9 nitrogen and oxygen atoms in total. The lowest BCUT2D eigenvalue weighted by molar-refractivity contribution is -0.00338. The van der Waals surface area contributed by atoms with E-state index in [1.165, 1.54) is 22.5 Å². The highest BCUT2D eigenvalue weighted by Gasteiger charge is 2.22. The van der Waals surface area contributed by atoms with Crippen molar-refractivity contribution in [1.82, 2.24) is 15.3 Å². The zero-order chi connectivity index (χ0) is 23.8. The molecule has 1 aliphatic rings. The van der Waals surface area contributed by atoms with E-state index in [-0.39, 0.29) is 17.9 Å². The minimum absolute atomic E-state index is 0.0676. The minimum atomic E-state index is -0.155. The van der Waals surface area contributed by atoms with Crippen molar-refractivity contribution < 1.29 is 14.3 Å². The van der Waals surface area contributed by atoms with Crippen LogP contribution in [0.1, 0.15) is 40.2 Å². The molecular weight excluding hydrogens is 440 g/mol. The highest BCUT2D eigenvalue weighted by atomic mass is 32.1. The van der Waals surface area contributed by atoms with E-state index in [0.29, 0.717) is 34.1 Å². The molecule has 0 unspecified atom stereocenters. The van der Waals surface area contributed by atoms with Gasteiger partial charge in [0.05, 0.1) is 40.6 Å². The molecule has 1 aromatic carbocycles. The van der Waals surface area contributed by atoms with Gasteiger partial charge in [0, 0.05) is 13.2 Å². The molecule has 0 radical (unpaired) electrons. The standard InChI is InChI=1S/C19H20N6O2S.C4H10O/c1-10-3-11(2)5-12(4-10)7-21-25-19-23-14-6-15(28-16(14)17(20)24-19)18(26)22-13-8-27-9-13;1-3-5-4-2/h3-7,13H,8-9H2,1-2H3,(H,22,26)(H3,20,23,24,25);3-4H2,1-2H3/b21-7+;. The second-order valence-corrected chi connectivity index (χ2v) is 8.59. The largest absolute Gasteiger partial charge is 0.382 e. The van der Waals surface area contributed by atoms with Crippen LogP contribution >= 0.6 is 11.3 Å². The molecule has 3 heterocycles. The Balaban J connectivity index is 0.000000555. The fourth-order valence-electron chi connectivity index (χ4n) is 3.14. The van der Waals surface area contributed by atoms with Gasteiger partial charge in [-0.2, -0.15) is 10.1 Å². The molecule has 4 N–H and O–H groups in total. The smallest absolute Gasteiger partial charge is 0.261 e. The van der Waals surface area contributed by atoms with Crippen LogP contribution in [-0.2, 0) is 9.47 Å². The summed E-state index contributed by atoms with van der Waals surface area (Å²) in [6, 6.07) is 7.95. The van der Waals surface area contributed by atoms with Crippen molar-refractivity contribution in [1.29, 1.82) is 0 Å². The first-order valence-electron chi connectivity index (χ1n) is 10.8. The molecule has 1 amide bonds. The maximum absolute atomic E-state index is 12.3. The van der Waals surface area contributed by atoms with Crippen molar-refractivity contribution in [2.24, 2.45) is 5.10 Å². The summed E-state index contributed by atoms with van der Waals surface area (Å²) >= 11 is 1.27. The van der Waals surface area contributed by atoms with E-state index < -0.39 is 0 Å². The van der Waals surface area contributed by atoms with E-state index in [0.717, 1.165) is 18.8 Å². The Morgan fingerprint density at radius 1 is 1.21 bits per heavy atom. The Labute approximate surface area is 197 Å². The van der Waals surface area contributed by atoms with Crippen LogP contribution in [0.2, 0.25) is 0 Å². The topological polar surface area (TPSA) is 124 Å². The molecule has 1 aliphatic heterocycles. The number of nitrogens with two attached hydrogens (primary N) is 1. The molecule has 0 spiro atoms. The lowest BCUT2D eigenvalue weighted by atomic mass is 10.1. The van der Waals surface area contributed by atoms with Crippen LogP contribution in [0, 0.1) is 13.8 Å². The number of nitrogen functional groups attached to an aromatic ring is 1. The molecule has 0 aliphatic carbocycles. The fraction of sp³-hybridized carbons (Fsp3) is 0.391. The van der Waals surface area contributed by atoms with E-state index in [1.54, 1.807) is 12.3 Å². The maximum Gasteiger partial charge on any atom is 0.261 e. The predicted molar refractivity (Wildman–Crippen MR) is 133 cm³/mol. The quantitative estimate of drug-likeness (QED) is 0.357. The van der Waals surface area contributed by atoms with E-state index in [1.807, 2.05) is 39.8 Å². The van der Waals surface area contributed by atoms with Gasteiger partial charge in [-0.3, -0.25) is 4.79 Å². The number of thiophene rings is 1. The molecule has 2 aromatic heterocycles. The summed E-state index contributed by atoms with van der Waals surface area (Å²) in [6.07, 6.45) is 1.71. The molecule has 0 saturated carbocycles. The highest BCUT2D eigenvalue weighted by molar-refractivity contribution is 7.21. The van der Waals surface area contributed by atoms with Crippen LogP contribution in [0.5, 0.6) is 0 Å². The van der Waals surface area contributed by atoms with Crippen LogP contribution in [0.25, 0.3) is 10.2 Å². The number of nitrogens with zero attached hydrogens (tertiary/aromatic N) is 3. The number of fused-ring (bicyclic) bond motifs is 1. The van der Waals surface area contributed by atoms with E-state index in [2.05, 4.69) is 31.9 Å². The van der Waals surface area contributed by atoms with E-state index in [9.17, 15) is 4.79 Å². The number of aromatic nitrogens is 2. The van der Waals surface area contributed by atoms with Gasteiger partial charge in [-0.1, -0.05) is 29.3 Å². The molecule has 0 bridgehead atoms. The predicted octanol–water partition coefficient (Wildman–Crippen LogP) is 3.51. The SMILES string of the molecule is CCOCC.Cc1cc(C)cc(/C=N/Nc2nc(N)c3sc(C(=O)NC4COC4)cc3n2)c1. The molecule has 0 atom stereocenters. The zero-order valence-electron chi connectivity index (χ0n) is 19.3. The van der Waals surface area contributed by atoms with Gasteiger partial charge in [0.2, 0.25) is 5.95 Å². The monoisotopic (exact) mass is 470 g/mol. The summed E-state index contributed by atoms with van der Waals surface area (Å²) in [5.74, 6) is 0.436. The summed E-state index contributed by atoms with van der Waals surface area (Å²) < 4.78 is 10.6. The van der Waals surface area contributed by atoms with Crippen molar-refractivity contribution in [2.75, 3.05) is 37.6 Å². The number of aryl methyl sites for hydroxylation is 2. The molecule has 33 heavy (non-hydrogen) atoms. The molecular formula is C23H30N6O3S. The molecule has 3 aromatic rings. The summed E-state index contributed by atoms with van der Waals surface area (Å²) in [6.45, 7) is 10.8. The highest BCUT2D eigenvalue weighted by Crippen LogP contribution is 2.29. The van der Waals surface area contributed by atoms with Gasteiger partial charge in [0.1, 0.15) is 5.82 Å². The fourth-order valence-corrected chi connectivity index (χ4v) is 4.04. The Morgan fingerprint density at radius 2 is 1.91 bits per heavy atom. The average Bonchev–Trinajstić information content (AvgIpc) is 3.16. The number of ether oxygens (including phenoxy) is 2. The lowest BCUT2D eigenvalue weighted by Crippen LogP contribution is -2.48. The van der Waals surface area contributed by atoms with Crippen molar-refractivity contribution >= 4 is 45.4 Å². The lowest BCUT2D eigenvalue weighted by Gasteiger charge is -2.26. The van der Waals surface area contributed by atoms with Gasteiger partial charge in [0.25, 0.3) is 5.91 Å². The first-order valence-corrected chi connectivity index (χ1v) is 11.6. The van der Waals surface area contributed by atoms with Crippen molar-refractivity contribution in [3.8, 4) is 0 Å². The van der Waals surface area contributed by atoms with Gasteiger partial charge in [0.15, 0.2) is 0 Å². The van der Waals surface area contributed by atoms with Gasteiger partial charge in [-0.25, -0.2) is 10.4 Å². The first-order chi connectivity index (χ1) is 15.9. The normalized spacial score (nSPS) is 13.5. The summed E-state index contributed by atoms with van der Waals surface area (Å²) in [7, 11) is 0. The second-order valence-electron chi connectivity index (χ2n) is 7.54. The summed E-state index contributed by atoms with van der Waals surface area (Å²) in [4.78, 5) is 21.5. The number of hydrogen-bond acceptors (Lipinski definition) is 9. The van der Waals surface area contributed by atoms with Crippen LogP contribution in [0.15, 0.2) is 29.4 Å². The molecule has 1 fully saturated rings.